The summed E-state index contributed by atoms with van der Waals surface area (Å²) in [4.78, 5) is 17.7. The summed E-state index contributed by atoms with van der Waals surface area (Å²) >= 11 is 0. The van der Waals surface area contributed by atoms with Gasteiger partial charge in [-0.25, -0.2) is 4.98 Å². The summed E-state index contributed by atoms with van der Waals surface area (Å²) in [6.07, 6.45) is 1.86. The lowest BCUT2D eigenvalue weighted by Crippen LogP contribution is -2.28. The molecule has 0 saturated carbocycles. The van der Waals surface area contributed by atoms with Gasteiger partial charge in [0.05, 0.1) is 30.8 Å². The molecule has 0 aliphatic rings. The van der Waals surface area contributed by atoms with Crippen molar-refractivity contribution in [2.24, 2.45) is 0 Å². The standard InChI is InChI=1S/C30H35N3O3/c1-21(2)23-11-17-26(18-12-23)36-20-8-7-19-33-28-10-6-5-9-27(28)32-29(33)22(3)31-30(34)24-13-15-25(35-4)16-14-24/h5-6,9-18,21-22H,7-8,19-20H2,1-4H3,(H,31,34). The number of nitrogens with one attached hydrogen (secondary N) is 1. The summed E-state index contributed by atoms with van der Waals surface area (Å²) in [5, 5.41) is 3.10. The van der Waals surface area contributed by atoms with Crippen LogP contribution in [0, 0.1) is 0 Å². The average molecular weight is 486 g/mol. The summed E-state index contributed by atoms with van der Waals surface area (Å²) in [6.45, 7) is 7.81. The minimum Gasteiger partial charge on any atom is -0.497 e. The molecule has 0 radical (unpaired) electrons. The molecule has 0 fully saturated rings. The Balaban J connectivity index is 1.38. The molecule has 3 aromatic carbocycles. The van der Waals surface area contributed by atoms with Crippen molar-refractivity contribution in [1.29, 1.82) is 0 Å². The van der Waals surface area contributed by atoms with Crippen LogP contribution in [-0.4, -0.2) is 29.2 Å². The van der Waals surface area contributed by atoms with Crippen molar-refractivity contribution in [3.05, 3.63) is 89.7 Å². The third-order valence-corrected chi connectivity index (χ3v) is 6.36. The number of aromatic nitrogens is 2. The molecule has 1 heterocycles. The van der Waals surface area contributed by atoms with Gasteiger partial charge in [-0.1, -0.05) is 38.1 Å². The van der Waals surface area contributed by atoms with E-state index in [2.05, 4.69) is 41.9 Å². The second-order valence-electron chi connectivity index (χ2n) is 9.31. The van der Waals surface area contributed by atoms with Gasteiger partial charge in [0.25, 0.3) is 5.91 Å². The Labute approximate surface area is 213 Å². The van der Waals surface area contributed by atoms with Crippen LogP contribution in [0.1, 0.15) is 67.3 Å². The van der Waals surface area contributed by atoms with Crippen molar-refractivity contribution < 1.29 is 14.3 Å². The summed E-state index contributed by atoms with van der Waals surface area (Å²) in [5.74, 6) is 2.85. The lowest BCUT2D eigenvalue weighted by Gasteiger charge is -2.17. The van der Waals surface area contributed by atoms with Gasteiger partial charge in [-0.05, 0) is 79.8 Å². The molecular formula is C30H35N3O3. The number of methoxy groups -OCH3 is 1. The zero-order valence-electron chi connectivity index (χ0n) is 21.5. The minimum atomic E-state index is -0.247. The highest BCUT2D eigenvalue weighted by Gasteiger charge is 2.19. The van der Waals surface area contributed by atoms with E-state index >= 15 is 0 Å². The molecule has 6 nitrogen and oxygen atoms in total. The predicted molar refractivity (Wildman–Crippen MR) is 144 cm³/mol. The van der Waals surface area contributed by atoms with E-state index < -0.39 is 0 Å². The number of imidazole rings is 1. The Kier molecular flexibility index (Phi) is 8.26. The fraction of sp³-hybridized carbons (Fsp3) is 0.333. The quantitative estimate of drug-likeness (QED) is 0.246. The van der Waals surface area contributed by atoms with Crippen LogP contribution in [-0.2, 0) is 6.54 Å². The SMILES string of the molecule is COc1ccc(C(=O)NC(C)c2nc3ccccc3n2CCCCOc2ccc(C(C)C)cc2)cc1. The van der Waals surface area contributed by atoms with Crippen molar-refractivity contribution in [2.75, 3.05) is 13.7 Å². The van der Waals surface area contributed by atoms with Gasteiger partial charge in [0.2, 0.25) is 0 Å². The van der Waals surface area contributed by atoms with Crippen LogP contribution >= 0.6 is 0 Å². The number of hydrogen-bond donors (Lipinski definition) is 1. The fourth-order valence-electron chi connectivity index (χ4n) is 4.26. The molecule has 0 aliphatic carbocycles. The van der Waals surface area contributed by atoms with Gasteiger partial charge in [-0.15, -0.1) is 0 Å². The Morgan fingerprint density at radius 3 is 2.31 bits per heavy atom. The Bertz CT molecular complexity index is 1280. The largest absolute Gasteiger partial charge is 0.497 e. The second-order valence-corrected chi connectivity index (χ2v) is 9.31. The molecule has 1 unspecified atom stereocenters. The van der Waals surface area contributed by atoms with Crippen LogP contribution < -0.4 is 14.8 Å². The zero-order valence-corrected chi connectivity index (χ0v) is 21.5. The van der Waals surface area contributed by atoms with Gasteiger partial charge in [-0.2, -0.15) is 0 Å². The Morgan fingerprint density at radius 2 is 1.61 bits per heavy atom. The topological polar surface area (TPSA) is 65.4 Å². The Morgan fingerprint density at radius 1 is 0.917 bits per heavy atom. The molecule has 0 bridgehead atoms. The van der Waals surface area contributed by atoms with Crippen molar-refractivity contribution in [2.45, 2.75) is 52.1 Å². The molecule has 0 spiro atoms. The number of aryl methyl sites for hydroxylation is 1. The Hall–Kier alpha value is -3.80. The van der Waals surface area contributed by atoms with Crippen LogP contribution in [0.2, 0.25) is 0 Å². The van der Waals surface area contributed by atoms with E-state index in [4.69, 9.17) is 14.5 Å². The molecule has 1 amide bonds. The highest BCUT2D eigenvalue weighted by Crippen LogP contribution is 2.23. The van der Waals surface area contributed by atoms with Gasteiger partial charge in [0.1, 0.15) is 17.3 Å². The van der Waals surface area contributed by atoms with Crippen molar-refractivity contribution in [1.82, 2.24) is 14.9 Å². The normalized spacial score (nSPS) is 12.0. The number of para-hydroxylation sites is 2. The highest BCUT2D eigenvalue weighted by molar-refractivity contribution is 5.94. The smallest absolute Gasteiger partial charge is 0.251 e. The molecule has 4 aromatic rings. The number of rotatable bonds is 11. The van der Waals surface area contributed by atoms with Crippen molar-refractivity contribution >= 4 is 16.9 Å². The third kappa shape index (κ3) is 6.06. The van der Waals surface area contributed by atoms with E-state index in [0.717, 1.165) is 47.7 Å². The predicted octanol–water partition coefficient (Wildman–Crippen LogP) is 6.52. The number of ether oxygens (including phenoxy) is 2. The van der Waals surface area contributed by atoms with Crippen molar-refractivity contribution in [3.63, 3.8) is 0 Å². The molecule has 6 heteroatoms. The van der Waals surface area contributed by atoms with Crippen LogP contribution in [0.3, 0.4) is 0 Å². The summed E-state index contributed by atoms with van der Waals surface area (Å²) in [5.41, 5.74) is 3.90. The number of unbranched alkanes of at least 4 members (excludes halogenated alkanes) is 1. The second kappa shape index (κ2) is 11.8. The van der Waals surface area contributed by atoms with Crippen LogP contribution in [0.5, 0.6) is 11.5 Å². The lowest BCUT2D eigenvalue weighted by molar-refractivity contribution is 0.0937. The van der Waals surface area contributed by atoms with Crippen LogP contribution in [0.25, 0.3) is 11.0 Å². The van der Waals surface area contributed by atoms with Crippen LogP contribution in [0.15, 0.2) is 72.8 Å². The monoisotopic (exact) mass is 485 g/mol. The van der Waals surface area contributed by atoms with Gasteiger partial charge in [0.15, 0.2) is 0 Å². The van der Waals surface area contributed by atoms with Gasteiger partial charge in [-0.3, -0.25) is 4.79 Å². The number of hydrogen-bond acceptors (Lipinski definition) is 4. The molecule has 188 valence electrons. The zero-order chi connectivity index (χ0) is 25.5. The van der Waals surface area contributed by atoms with Crippen molar-refractivity contribution in [3.8, 4) is 11.5 Å². The number of nitrogens with zero attached hydrogens (tertiary/aromatic N) is 2. The molecule has 36 heavy (non-hydrogen) atoms. The first kappa shape index (κ1) is 25.3. The third-order valence-electron chi connectivity index (χ3n) is 6.36. The molecule has 0 saturated heterocycles. The van der Waals surface area contributed by atoms with Crippen LogP contribution in [0.4, 0.5) is 0 Å². The maximum atomic E-state index is 12.8. The first-order valence-corrected chi connectivity index (χ1v) is 12.6. The van der Waals surface area contributed by atoms with E-state index in [1.54, 1.807) is 31.4 Å². The van der Waals surface area contributed by atoms with E-state index in [1.807, 2.05) is 37.3 Å². The lowest BCUT2D eigenvalue weighted by atomic mass is 10.0. The van der Waals surface area contributed by atoms with Gasteiger partial charge < -0.3 is 19.4 Å². The molecule has 1 aromatic heterocycles. The van der Waals surface area contributed by atoms with E-state index in [1.165, 1.54) is 5.56 Å². The average Bonchev–Trinajstić information content (AvgIpc) is 3.27. The van der Waals surface area contributed by atoms with Gasteiger partial charge >= 0.3 is 0 Å². The van der Waals surface area contributed by atoms with E-state index in [9.17, 15) is 4.79 Å². The number of carbonyl (C=O) groups excluding carboxylic acids is 1. The number of carbonyl (C=O) groups is 1. The highest BCUT2D eigenvalue weighted by atomic mass is 16.5. The summed E-state index contributed by atoms with van der Waals surface area (Å²) < 4.78 is 13.4. The summed E-state index contributed by atoms with van der Waals surface area (Å²) in [7, 11) is 1.61. The first-order valence-electron chi connectivity index (χ1n) is 12.6. The van der Waals surface area contributed by atoms with E-state index in [0.29, 0.717) is 18.1 Å². The fourth-order valence-corrected chi connectivity index (χ4v) is 4.26. The first-order chi connectivity index (χ1) is 17.5. The molecular weight excluding hydrogens is 450 g/mol. The minimum absolute atomic E-state index is 0.138. The van der Waals surface area contributed by atoms with E-state index in [-0.39, 0.29) is 11.9 Å². The molecule has 1 atom stereocenters. The molecule has 4 rings (SSSR count). The maximum Gasteiger partial charge on any atom is 0.251 e. The molecule has 0 aliphatic heterocycles. The number of benzene rings is 3. The summed E-state index contributed by atoms with van der Waals surface area (Å²) in [6, 6.07) is 23.3. The number of fused-ring (bicyclic) bond motifs is 1. The number of amides is 1. The van der Waals surface area contributed by atoms with Gasteiger partial charge in [0, 0.05) is 12.1 Å². The maximum absolute atomic E-state index is 12.8. The molecule has 1 N–H and O–H groups in total.